The van der Waals surface area contributed by atoms with Crippen molar-refractivity contribution < 1.29 is 0 Å². The van der Waals surface area contributed by atoms with Crippen LogP contribution in [0, 0.1) is 0 Å². The van der Waals surface area contributed by atoms with Crippen LogP contribution in [0.5, 0.6) is 0 Å². The first kappa shape index (κ1) is 12.4. The van der Waals surface area contributed by atoms with Crippen molar-refractivity contribution in [3.05, 3.63) is 41.6 Å². The maximum absolute atomic E-state index is 5.88. The molecule has 1 aromatic heterocycles. The Morgan fingerprint density at radius 3 is 3.06 bits per heavy atom. The molecule has 94 valence electrons. The summed E-state index contributed by atoms with van der Waals surface area (Å²) in [4.78, 5) is 4.26. The third-order valence-electron chi connectivity index (χ3n) is 2.33. The number of aliphatic imine (C=N–C) groups is 1. The third kappa shape index (κ3) is 3.01. The van der Waals surface area contributed by atoms with Crippen molar-refractivity contribution in [3.8, 4) is 0 Å². The van der Waals surface area contributed by atoms with Gasteiger partial charge in [-0.1, -0.05) is 17.7 Å². The molecule has 0 aliphatic carbocycles. The Hall–Kier alpha value is -2.01. The van der Waals surface area contributed by atoms with Gasteiger partial charge in [0.2, 0.25) is 0 Å². The number of nitrogens with one attached hydrogen (secondary N) is 1. The van der Waals surface area contributed by atoms with Crippen LogP contribution < -0.4 is 11.1 Å². The number of anilines is 1. The van der Waals surface area contributed by atoms with E-state index in [2.05, 4.69) is 15.4 Å². The first-order valence-electron chi connectivity index (χ1n) is 5.57. The average molecular weight is 264 g/mol. The summed E-state index contributed by atoms with van der Waals surface area (Å²) in [5.74, 6) is 1.01. The molecule has 0 spiro atoms. The van der Waals surface area contributed by atoms with Gasteiger partial charge < -0.3 is 11.1 Å². The molecule has 0 fully saturated rings. The summed E-state index contributed by atoms with van der Waals surface area (Å²) in [5.41, 5.74) is 6.62. The molecule has 18 heavy (non-hydrogen) atoms. The number of rotatable bonds is 3. The van der Waals surface area contributed by atoms with Crippen molar-refractivity contribution in [2.75, 3.05) is 5.32 Å². The minimum absolute atomic E-state index is 0.299. The van der Waals surface area contributed by atoms with Crippen LogP contribution in [-0.2, 0) is 6.54 Å². The lowest BCUT2D eigenvalue weighted by molar-refractivity contribution is 0.664. The van der Waals surface area contributed by atoms with Gasteiger partial charge >= 0.3 is 0 Å². The Morgan fingerprint density at radius 2 is 2.33 bits per heavy atom. The number of hydrogen-bond acceptors (Lipinski definition) is 2. The second-order valence-corrected chi connectivity index (χ2v) is 4.07. The third-order valence-corrected chi connectivity index (χ3v) is 2.56. The molecule has 0 saturated heterocycles. The van der Waals surface area contributed by atoms with Crippen LogP contribution in [0.2, 0.25) is 5.02 Å². The van der Waals surface area contributed by atoms with Crippen molar-refractivity contribution in [1.29, 1.82) is 0 Å². The minimum Gasteiger partial charge on any atom is -0.369 e. The molecule has 0 amide bonds. The lowest BCUT2D eigenvalue weighted by Gasteiger charge is -2.06. The fourth-order valence-electron chi connectivity index (χ4n) is 1.53. The van der Waals surface area contributed by atoms with Crippen molar-refractivity contribution in [3.63, 3.8) is 0 Å². The summed E-state index contributed by atoms with van der Waals surface area (Å²) in [6.45, 7) is 2.74. The van der Waals surface area contributed by atoms with Crippen LogP contribution in [0.25, 0.3) is 0 Å². The standard InChI is InChI=1S/C12H14ClN5/c1-2-18-11(6-7-15-18)17-12(14)16-10-5-3-4-9(13)8-10/h3-8H,2H2,1H3,(H3,14,16,17). The minimum atomic E-state index is 0.299. The highest BCUT2D eigenvalue weighted by atomic mass is 35.5. The Balaban J connectivity index is 2.14. The van der Waals surface area contributed by atoms with Crippen molar-refractivity contribution in [2.24, 2.45) is 10.7 Å². The highest BCUT2D eigenvalue weighted by molar-refractivity contribution is 6.30. The van der Waals surface area contributed by atoms with Gasteiger partial charge in [-0.15, -0.1) is 0 Å². The molecule has 0 aliphatic heterocycles. The molecule has 0 bridgehead atoms. The number of halogens is 1. The van der Waals surface area contributed by atoms with Gasteiger partial charge in [-0.25, -0.2) is 4.68 Å². The normalized spacial score (nSPS) is 11.6. The van der Waals surface area contributed by atoms with Crippen LogP contribution in [0.15, 0.2) is 41.5 Å². The summed E-state index contributed by atoms with van der Waals surface area (Å²) >= 11 is 5.88. The van der Waals surface area contributed by atoms with Crippen LogP contribution in [0.3, 0.4) is 0 Å². The van der Waals surface area contributed by atoms with E-state index in [1.165, 1.54) is 0 Å². The van der Waals surface area contributed by atoms with E-state index in [-0.39, 0.29) is 0 Å². The lowest BCUT2D eigenvalue weighted by atomic mass is 10.3. The zero-order chi connectivity index (χ0) is 13.0. The molecular formula is C12H14ClN5. The fourth-order valence-corrected chi connectivity index (χ4v) is 1.72. The van der Waals surface area contributed by atoms with E-state index < -0.39 is 0 Å². The fraction of sp³-hybridized carbons (Fsp3) is 0.167. The molecular weight excluding hydrogens is 250 g/mol. The average Bonchev–Trinajstić information content (AvgIpc) is 2.76. The van der Waals surface area contributed by atoms with Gasteiger partial charge in [0.05, 0.1) is 6.20 Å². The van der Waals surface area contributed by atoms with Gasteiger partial charge in [0, 0.05) is 23.3 Å². The van der Waals surface area contributed by atoms with Crippen LogP contribution >= 0.6 is 11.6 Å². The first-order chi connectivity index (χ1) is 8.69. The Kier molecular flexibility index (Phi) is 3.84. The molecule has 0 atom stereocenters. The summed E-state index contributed by atoms with van der Waals surface area (Å²) in [7, 11) is 0. The predicted molar refractivity (Wildman–Crippen MR) is 74.3 cm³/mol. The van der Waals surface area contributed by atoms with Gasteiger partial charge in [0.1, 0.15) is 0 Å². The number of aromatic nitrogens is 2. The monoisotopic (exact) mass is 263 g/mol. The largest absolute Gasteiger partial charge is 0.369 e. The molecule has 6 heteroatoms. The molecule has 3 N–H and O–H groups in total. The smallest absolute Gasteiger partial charge is 0.199 e. The van der Waals surface area contributed by atoms with Crippen molar-refractivity contribution >= 4 is 29.1 Å². The molecule has 0 saturated carbocycles. The van der Waals surface area contributed by atoms with Crippen LogP contribution in [-0.4, -0.2) is 15.7 Å². The molecule has 0 aliphatic rings. The van der Waals surface area contributed by atoms with E-state index in [9.17, 15) is 0 Å². The van der Waals surface area contributed by atoms with Crippen LogP contribution in [0.1, 0.15) is 6.92 Å². The summed E-state index contributed by atoms with van der Waals surface area (Å²) < 4.78 is 1.76. The quantitative estimate of drug-likeness (QED) is 0.661. The Bertz CT molecular complexity index is 561. The molecule has 5 nitrogen and oxygen atoms in total. The van der Waals surface area contributed by atoms with Gasteiger partial charge in [-0.05, 0) is 25.1 Å². The molecule has 2 aromatic rings. The maximum Gasteiger partial charge on any atom is 0.199 e. The Labute approximate surface area is 110 Å². The highest BCUT2D eigenvalue weighted by Gasteiger charge is 2.00. The number of guanidine groups is 1. The highest BCUT2D eigenvalue weighted by Crippen LogP contribution is 2.15. The summed E-state index contributed by atoms with van der Waals surface area (Å²) in [6, 6.07) is 9.09. The number of aryl methyl sites for hydroxylation is 1. The second-order valence-electron chi connectivity index (χ2n) is 3.64. The van der Waals surface area contributed by atoms with E-state index in [1.807, 2.05) is 19.1 Å². The van der Waals surface area contributed by atoms with E-state index in [1.54, 1.807) is 29.1 Å². The van der Waals surface area contributed by atoms with E-state index in [0.29, 0.717) is 16.8 Å². The van der Waals surface area contributed by atoms with Gasteiger partial charge in [0.15, 0.2) is 11.8 Å². The number of benzene rings is 1. The Morgan fingerprint density at radius 1 is 1.50 bits per heavy atom. The SMILES string of the molecule is CCn1nccc1N=C(N)Nc1cccc(Cl)c1. The first-order valence-corrected chi connectivity index (χ1v) is 5.95. The van der Waals surface area contributed by atoms with Crippen LogP contribution in [0.4, 0.5) is 11.5 Å². The second kappa shape index (κ2) is 5.55. The van der Waals surface area contributed by atoms with Gasteiger partial charge in [-0.2, -0.15) is 10.1 Å². The lowest BCUT2D eigenvalue weighted by Crippen LogP contribution is -2.22. The number of nitrogens with two attached hydrogens (primary N) is 1. The van der Waals surface area contributed by atoms with Crippen molar-refractivity contribution in [2.45, 2.75) is 13.5 Å². The zero-order valence-corrected chi connectivity index (χ0v) is 10.7. The van der Waals surface area contributed by atoms with E-state index in [0.717, 1.165) is 12.2 Å². The van der Waals surface area contributed by atoms with Gasteiger partial charge in [0.25, 0.3) is 0 Å². The maximum atomic E-state index is 5.88. The topological polar surface area (TPSA) is 68.2 Å². The number of nitrogens with zero attached hydrogens (tertiary/aromatic N) is 3. The van der Waals surface area contributed by atoms with Crippen molar-refractivity contribution in [1.82, 2.24) is 9.78 Å². The molecule has 0 radical (unpaired) electrons. The summed E-state index contributed by atoms with van der Waals surface area (Å²) in [6.07, 6.45) is 1.69. The molecule has 0 unspecified atom stereocenters. The van der Waals surface area contributed by atoms with E-state index >= 15 is 0 Å². The predicted octanol–water partition coefficient (Wildman–Crippen LogP) is 2.61. The van der Waals surface area contributed by atoms with E-state index in [4.69, 9.17) is 17.3 Å². The zero-order valence-electron chi connectivity index (χ0n) is 9.97. The number of hydrogen-bond donors (Lipinski definition) is 2. The molecule has 1 heterocycles. The molecule has 1 aromatic carbocycles. The summed E-state index contributed by atoms with van der Waals surface area (Å²) in [5, 5.41) is 7.73. The molecule has 2 rings (SSSR count). The van der Waals surface area contributed by atoms with Gasteiger partial charge in [-0.3, -0.25) is 0 Å².